The van der Waals surface area contributed by atoms with Gasteiger partial charge in [0.2, 0.25) is 0 Å². The molecule has 1 N–H and O–H groups in total. The fraction of sp³-hybridized carbons (Fsp3) is 0.706. The van der Waals surface area contributed by atoms with Gasteiger partial charge < -0.3 is 10.1 Å². The van der Waals surface area contributed by atoms with Crippen LogP contribution in [0.3, 0.4) is 0 Å². The third kappa shape index (κ3) is 4.29. The Labute approximate surface area is 122 Å². The molecule has 2 aliphatic rings. The molecule has 2 atom stereocenters. The summed E-state index contributed by atoms with van der Waals surface area (Å²) in [6.45, 7) is 3.93. The summed E-state index contributed by atoms with van der Waals surface area (Å²) in [4.78, 5) is 4.52. The van der Waals surface area contributed by atoms with Gasteiger partial charge in [-0.15, -0.1) is 0 Å². The van der Waals surface area contributed by atoms with E-state index in [1.165, 1.54) is 44.1 Å². The molecule has 2 saturated carbocycles. The second-order valence-corrected chi connectivity index (χ2v) is 6.52. The fourth-order valence-electron chi connectivity index (χ4n) is 2.93. The predicted octanol–water partition coefficient (Wildman–Crippen LogP) is 3.43. The number of nitrogens with one attached hydrogen (secondary N) is 1. The van der Waals surface area contributed by atoms with Crippen LogP contribution in [0.15, 0.2) is 18.3 Å². The summed E-state index contributed by atoms with van der Waals surface area (Å²) < 4.78 is 6.01. The van der Waals surface area contributed by atoms with Crippen molar-refractivity contribution < 1.29 is 4.74 Å². The first-order valence-corrected chi connectivity index (χ1v) is 8.08. The average Bonchev–Trinajstić information content (AvgIpc) is 3.28. The molecule has 2 aliphatic carbocycles. The van der Waals surface area contributed by atoms with Crippen molar-refractivity contribution in [2.45, 2.75) is 70.7 Å². The summed E-state index contributed by atoms with van der Waals surface area (Å²) in [7, 11) is 0. The number of aromatic nitrogens is 1. The number of hydrogen-bond donors (Lipinski definition) is 1. The van der Waals surface area contributed by atoms with E-state index in [4.69, 9.17) is 4.74 Å². The van der Waals surface area contributed by atoms with Gasteiger partial charge in [-0.1, -0.05) is 25.8 Å². The van der Waals surface area contributed by atoms with Crippen LogP contribution < -0.4 is 5.32 Å². The standard InChI is InChI=1S/C17H26N2O/c1-13-3-2-4-17(9-13)20-12-16-6-5-14(11-19-16)10-18-15-7-8-15/h5-6,11,13,15,17-18H,2-4,7-10,12H2,1H3. The first kappa shape index (κ1) is 14.0. The van der Waals surface area contributed by atoms with Crippen LogP contribution in [0.5, 0.6) is 0 Å². The maximum atomic E-state index is 6.01. The van der Waals surface area contributed by atoms with E-state index in [1.54, 1.807) is 0 Å². The fourth-order valence-corrected chi connectivity index (χ4v) is 2.93. The van der Waals surface area contributed by atoms with Gasteiger partial charge in [-0.2, -0.15) is 0 Å². The van der Waals surface area contributed by atoms with E-state index >= 15 is 0 Å². The van der Waals surface area contributed by atoms with Crippen LogP contribution in [-0.4, -0.2) is 17.1 Å². The molecule has 2 unspecified atom stereocenters. The second kappa shape index (κ2) is 6.68. The minimum absolute atomic E-state index is 0.441. The molecule has 0 amide bonds. The zero-order valence-corrected chi connectivity index (χ0v) is 12.5. The minimum Gasteiger partial charge on any atom is -0.372 e. The van der Waals surface area contributed by atoms with E-state index in [2.05, 4.69) is 29.4 Å². The summed E-state index contributed by atoms with van der Waals surface area (Å²) in [6.07, 6.45) is 10.2. The molecule has 0 radical (unpaired) electrons. The lowest BCUT2D eigenvalue weighted by atomic mass is 9.89. The number of pyridine rings is 1. The molecule has 2 fully saturated rings. The maximum absolute atomic E-state index is 6.01. The van der Waals surface area contributed by atoms with Gasteiger partial charge in [0.1, 0.15) is 0 Å². The Balaban J connectivity index is 1.42. The molecule has 3 rings (SSSR count). The number of hydrogen-bond acceptors (Lipinski definition) is 3. The summed E-state index contributed by atoms with van der Waals surface area (Å²) >= 11 is 0. The Morgan fingerprint density at radius 3 is 2.85 bits per heavy atom. The van der Waals surface area contributed by atoms with Crippen LogP contribution in [0, 0.1) is 5.92 Å². The zero-order valence-electron chi connectivity index (χ0n) is 12.5. The molecule has 110 valence electrons. The highest BCUT2D eigenvalue weighted by atomic mass is 16.5. The summed E-state index contributed by atoms with van der Waals surface area (Å²) in [5.41, 5.74) is 2.32. The molecule has 1 heterocycles. The van der Waals surface area contributed by atoms with E-state index in [-0.39, 0.29) is 0 Å². The summed E-state index contributed by atoms with van der Waals surface area (Å²) in [5.74, 6) is 0.817. The van der Waals surface area contributed by atoms with Gasteiger partial charge in [-0.3, -0.25) is 4.98 Å². The van der Waals surface area contributed by atoms with Gasteiger partial charge in [0.15, 0.2) is 0 Å². The van der Waals surface area contributed by atoms with Crippen molar-refractivity contribution in [3.63, 3.8) is 0 Å². The molecular weight excluding hydrogens is 248 g/mol. The summed E-state index contributed by atoms with van der Waals surface area (Å²) in [6, 6.07) is 5.03. The van der Waals surface area contributed by atoms with Crippen molar-refractivity contribution in [2.24, 2.45) is 5.92 Å². The van der Waals surface area contributed by atoms with Crippen molar-refractivity contribution in [3.05, 3.63) is 29.6 Å². The Hall–Kier alpha value is -0.930. The predicted molar refractivity (Wildman–Crippen MR) is 80.3 cm³/mol. The summed E-state index contributed by atoms with van der Waals surface area (Å²) in [5, 5.41) is 3.51. The molecule has 0 spiro atoms. The first-order valence-electron chi connectivity index (χ1n) is 8.08. The lowest BCUT2D eigenvalue weighted by Gasteiger charge is -2.26. The largest absolute Gasteiger partial charge is 0.372 e. The highest BCUT2D eigenvalue weighted by Gasteiger charge is 2.20. The van der Waals surface area contributed by atoms with E-state index in [0.717, 1.165) is 24.2 Å². The van der Waals surface area contributed by atoms with Crippen LogP contribution >= 0.6 is 0 Å². The molecule has 1 aromatic rings. The number of nitrogens with zero attached hydrogens (tertiary/aromatic N) is 1. The van der Waals surface area contributed by atoms with E-state index < -0.39 is 0 Å². The molecule has 0 bridgehead atoms. The lowest BCUT2D eigenvalue weighted by Crippen LogP contribution is -2.21. The third-order valence-corrected chi connectivity index (χ3v) is 4.41. The van der Waals surface area contributed by atoms with Crippen LogP contribution in [0.2, 0.25) is 0 Å². The van der Waals surface area contributed by atoms with Crippen LogP contribution in [0.1, 0.15) is 56.7 Å². The Kier molecular flexibility index (Phi) is 4.69. The highest BCUT2D eigenvalue weighted by Crippen LogP contribution is 2.26. The zero-order chi connectivity index (χ0) is 13.8. The number of rotatable bonds is 6. The maximum Gasteiger partial charge on any atom is 0.0891 e. The lowest BCUT2D eigenvalue weighted by molar-refractivity contribution is 0.00320. The van der Waals surface area contributed by atoms with Crippen LogP contribution in [0.25, 0.3) is 0 Å². The molecule has 3 heteroatoms. The van der Waals surface area contributed by atoms with Crippen molar-refractivity contribution in [1.29, 1.82) is 0 Å². The molecule has 0 aromatic carbocycles. The van der Waals surface area contributed by atoms with Gasteiger partial charge in [-0.05, 0) is 43.2 Å². The molecule has 0 aliphatic heterocycles. The van der Waals surface area contributed by atoms with Gasteiger partial charge >= 0.3 is 0 Å². The normalized spacial score (nSPS) is 26.6. The van der Waals surface area contributed by atoms with E-state index in [9.17, 15) is 0 Å². The van der Waals surface area contributed by atoms with E-state index in [1.807, 2.05) is 6.20 Å². The Morgan fingerprint density at radius 2 is 2.15 bits per heavy atom. The molecule has 20 heavy (non-hydrogen) atoms. The van der Waals surface area contributed by atoms with Crippen molar-refractivity contribution in [3.8, 4) is 0 Å². The molecule has 0 saturated heterocycles. The topological polar surface area (TPSA) is 34.1 Å². The second-order valence-electron chi connectivity index (χ2n) is 6.52. The first-order chi connectivity index (χ1) is 9.79. The van der Waals surface area contributed by atoms with Crippen LogP contribution in [0.4, 0.5) is 0 Å². The van der Waals surface area contributed by atoms with Crippen molar-refractivity contribution in [1.82, 2.24) is 10.3 Å². The average molecular weight is 274 g/mol. The third-order valence-electron chi connectivity index (χ3n) is 4.41. The van der Waals surface area contributed by atoms with Crippen molar-refractivity contribution in [2.75, 3.05) is 0 Å². The van der Waals surface area contributed by atoms with Gasteiger partial charge in [0.25, 0.3) is 0 Å². The monoisotopic (exact) mass is 274 g/mol. The smallest absolute Gasteiger partial charge is 0.0891 e. The van der Waals surface area contributed by atoms with Gasteiger partial charge in [-0.25, -0.2) is 0 Å². The molecular formula is C17H26N2O. The van der Waals surface area contributed by atoms with Gasteiger partial charge in [0.05, 0.1) is 18.4 Å². The Bertz CT molecular complexity index is 414. The van der Waals surface area contributed by atoms with Crippen LogP contribution in [-0.2, 0) is 17.9 Å². The van der Waals surface area contributed by atoms with Gasteiger partial charge in [0, 0.05) is 18.8 Å². The van der Waals surface area contributed by atoms with Crippen molar-refractivity contribution >= 4 is 0 Å². The highest BCUT2D eigenvalue weighted by molar-refractivity contribution is 5.13. The Morgan fingerprint density at radius 1 is 1.25 bits per heavy atom. The molecule has 1 aromatic heterocycles. The number of ether oxygens (including phenoxy) is 1. The SMILES string of the molecule is CC1CCCC(OCc2ccc(CNC3CC3)cn2)C1. The molecule has 3 nitrogen and oxygen atoms in total. The minimum atomic E-state index is 0.441. The van der Waals surface area contributed by atoms with E-state index in [0.29, 0.717) is 12.7 Å². The quantitative estimate of drug-likeness (QED) is 0.863.